The molecule has 1 atom stereocenters. The van der Waals surface area contributed by atoms with Gasteiger partial charge in [-0.15, -0.1) is 0 Å². The molecule has 0 spiro atoms. The van der Waals surface area contributed by atoms with Gasteiger partial charge in [-0.05, 0) is 47.5 Å². The number of carbonyl (C=O) groups excluding carboxylic acids is 1. The summed E-state index contributed by atoms with van der Waals surface area (Å²) < 4.78 is 18.6. The molecule has 3 aromatic carbocycles. The van der Waals surface area contributed by atoms with Crippen LogP contribution in [0.25, 0.3) is 0 Å². The van der Waals surface area contributed by atoms with E-state index in [9.17, 15) is 4.79 Å². The fourth-order valence-electron chi connectivity index (χ4n) is 3.47. The van der Waals surface area contributed by atoms with Crippen molar-refractivity contribution < 1.29 is 19.0 Å². The predicted octanol–water partition coefficient (Wildman–Crippen LogP) is 4.29. The second kappa shape index (κ2) is 11.0. The number of hydrogen-bond donors (Lipinski definition) is 1. The Labute approximate surface area is 198 Å². The van der Waals surface area contributed by atoms with Crippen LogP contribution >= 0.6 is 0 Å². The minimum atomic E-state index is -0.421. The Kier molecular flexibility index (Phi) is 7.45. The molecule has 1 aromatic heterocycles. The van der Waals surface area contributed by atoms with E-state index in [1.54, 1.807) is 25.4 Å². The molecule has 0 saturated carbocycles. The Morgan fingerprint density at radius 3 is 2.18 bits per heavy atom. The average Bonchev–Trinajstić information content (AvgIpc) is 3.31. The smallest absolute Gasteiger partial charge is 0.258 e. The summed E-state index contributed by atoms with van der Waals surface area (Å²) in [5.74, 6) is 2.52. The number of carbonyl (C=O) groups is 1. The van der Waals surface area contributed by atoms with Crippen molar-refractivity contribution in [2.24, 2.45) is 7.05 Å². The molecule has 7 heteroatoms. The Morgan fingerprint density at radius 1 is 0.912 bits per heavy atom. The molecule has 0 bridgehead atoms. The molecule has 7 nitrogen and oxygen atoms in total. The van der Waals surface area contributed by atoms with Gasteiger partial charge in [0.2, 0.25) is 0 Å². The van der Waals surface area contributed by atoms with Gasteiger partial charge in [-0.2, -0.15) is 0 Å². The number of nitrogens with zero attached hydrogens (tertiary/aromatic N) is 2. The van der Waals surface area contributed by atoms with Crippen molar-refractivity contribution >= 4 is 5.91 Å². The average molecular weight is 458 g/mol. The molecule has 0 fully saturated rings. The summed E-state index contributed by atoms with van der Waals surface area (Å²) >= 11 is 0. The number of hydrogen-bond acceptors (Lipinski definition) is 5. The van der Waals surface area contributed by atoms with Gasteiger partial charge in [-0.1, -0.05) is 42.5 Å². The number of ether oxygens (including phenoxy) is 3. The van der Waals surface area contributed by atoms with E-state index in [1.807, 2.05) is 84.5 Å². The number of amides is 1. The summed E-state index contributed by atoms with van der Waals surface area (Å²) in [5.41, 5.74) is 1.99. The fraction of sp³-hybridized carbons (Fsp3) is 0.185. The number of aryl methyl sites for hydroxylation is 1. The SMILES string of the molecule is COc1ccc(C(NC(=O)COc2ccc(OCc3ccccc3)cc2)c2nccn2C)cc1. The molecular formula is C27H27N3O4. The Balaban J connectivity index is 1.35. The zero-order chi connectivity index (χ0) is 23.8. The molecular weight excluding hydrogens is 430 g/mol. The van der Waals surface area contributed by atoms with Crippen molar-refractivity contribution in [3.8, 4) is 17.2 Å². The topological polar surface area (TPSA) is 74.6 Å². The summed E-state index contributed by atoms with van der Waals surface area (Å²) in [7, 11) is 3.51. The molecule has 174 valence electrons. The third-order valence-electron chi connectivity index (χ3n) is 5.31. The van der Waals surface area contributed by atoms with Gasteiger partial charge >= 0.3 is 0 Å². The standard InChI is InChI=1S/C27H27N3O4/c1-30-17-16-28-27(30)26(21-8-10-22(32-2)11-9-21)29-25(31)19-34-24-14-12-23(13-15-24)33-18-20-6-4-3-5-7-20/h3-17,26H,18-19H2,1-2H3,(H,29,31). The van der Waals surface area contributed by atoms with E-state index in [0.29, 0.717) is 12.4 Å². The highest BCUT2D eigenvalue weighted by atomic mass is 16.5. The highest BCUT2D eigenvalue weighted by Crippen LogP contribution is 2.23. The van der Waals surface area contributed by atoms with Crippen LogP contribution in [0.15, 0.2) is 91.3 Å². The van der Waals surface area contributed by atoms with E-state index in [0.717, 1.165) is 28.5 Å². The first-order chi connectivity index (χ1) is 16.6. The maximum atomic E-state index is 12.7. The van der Waals surface area contributed by atoms with E-state index in [2.05, 4.69) is 10.3 Å². The van der Waals surface area contributed by atoms with Crippen molar-refractivity contribution in [1.29, 1.82) is 0 Å². The summed E-state index contributed by atoms with van der Waals surface area (Å²) in [6.07, 6.45) is 3.55. The highest BCUT2D eigenvalue weighted by molar-refractivity contribution is 5.78. The van der Waals surface area contributed by atoms with Gasteiger partial charge in [0.25, 0.3) is 5.91 Å². The largest absolute Gasteiger partial charge is 0.497 e. The Morgan fingerprint density at radius 2 is 1.56 bits per heavy atom. The lowest BCUT2D eigenvalue weighted by Crippen LogP contribution is -2.34. The third kappa shape index (κ3) is 5.95. The number of rotatable bonds is 10. The molecule has 0 radical (unpaired) electrons. The highest BCUT2D eigenvalue weighted by Gasteiger charge is 2.21. The number of aromatic nitrogens is 2. The molecule has 1 unspecified atom stereocenters. The lowest BCUT2D eigenvalue weighted by molar-refractivity contribution is -0.123. The van der Waals surface area contributed by atoms with Crippen LogP contribution in [0, 0.1) is 0 Å². The fourth-order valence-corrected chi connectivity index (χ4v) is 3.47. The second-order valence-corrected chi connectivity index (χ2v) is 7.70. The van der Waals surface area contributed by atoms with Crippen LogP contribution in [-0.2, 0) is 18.4 Å². The van der Waals surface area contributed by atoms with Crippen molar-refractivity contribution in [2.75, 3.05) is 13.7 Å². The van der Waals surface area contributed by atoms with Gasteiger partial charge in [0, 0.05) is 19.4 Å². The monoisotopic (exact) mass is 457 g/mol. The summed E-state index contributed by atoms with van der Waals surface area (Å²) in [6.45, 7) is 0.366. The maximum Gasteiger partial charge on any atom is 0.258 e. The Hall–Kier alpha value is -4.26. The quantitative estimate of drug-likeness (QED) is 0.385. The van der Waals surface area contributed by atoms with Gasteiger partial charge < -0.3 is 24.1 Å². The molecule has 1 heterocycles. The summed E-state index contributed by atoms with van der Waals surface area (Å²) in [6, 6.07) is 24.3. The van der Waals surface area contributed by atoms with Crippen LogP contribution in [0.3, 0.4) is 0 Å². The van der Waals surface area contributed by atoms with Crippen molar-refractivity contribution in [1.82, 2.24) is 14.9 Å². The van der Waals surface area contributed by atoms with Gasteiger partial charge in [-0.3, -0.25) is 4.79 Å². The zero-order valence-electron chi connectivity index (χ0n) is 19.2. The minimum absolute atomic E-state index is 0.124. The zero-order valence-corrected chi connectivity index (χ0v) is 19.2. The van der Waals surface area contributed by atoms with Crippen molar-refractivity contribution in [3.63, 3.8) is 0 Å². The van der Waals surface area contributed by atoms with Crippen molar-refractivity contribution in [2.45, 2.75) is 12.6 Å². The summed E-state index contributed by atoms with van der Waals surface area (Å²) in [4.78, 5) is 17.2. The summed E-state index contributed by atoms with van der Waals surface area (Å²) in [5, 5.41) is 3.02. The minimum Gasteiger partial charge on any atom is -0.497 e. The lowest BCUT2D eigenvalue weighted by atomic mass is 10.1. The van der Waals surface area contributed by atoms with Crippen LogP contribution in [-0.4, -0.2) is 29.2 Å². The van der Waals surface area contributed by atoms with E-state index in [1.165, 1.54) is 0 Å². The normalized spacial score (nSPS) is 11.5. The third-order valence-corrected chi connectivity index (χ3v) is 5.31. The maximum absolute atomic E-state index is 12.7. The molecule has 0 saturated heterocycles. The molecule has 34 heavy (non-hydrogen) atoms. The molecule has 0 aliphatic heterocycles. The van der Waals surface area contributed by atoms with Gasteiger partial charge in [0.15, 0.2) is 6.61 Å². The van der Waals surface area contributed by atoms with Gasteiger partial charge in [0.1, 0.15) is 35.7 Å². The van der Waals surface area contributed by atoms with Crippen LogP contribution in [0.4, 0.5) is 0 Å². The number of benzene rings is 3. The number of nitrogens with one attached hydrogen (secondary N) is 1. The lowest BCUT2D eigenvalue weighted by Gasteiger charge is -2.19. The molecule has 1 amide bonds. The first kappa shape index (κ1) is 22.9. The van der Waals surface area contributed by atoms with E-state index < -0.39 is 6.04 Å². The number of methoxy groups -OCH3 is 1. The van der Waals surface area contributed by atoms with Crippen LogP contribution < -0.4 is 19.5 Å². The first-order valence-electron chi connectivity index (χ1n) is 10.9. The van der Waals surface area contributed by atoms with Gasteiger partial charge in [0.05, 0.1) is 7.11 Å². The van der Waals surface area contributed by atoms with E-state index in [4.69, 9.17) is 14.2 Å². The van der Waals surface area contributed by atoms with Gasteiger partial charge in [-0.25, -0.2) is 4.98 Å². The molecule has 4 rings (SSSR count). The van der Waals surface area contributed by atoms with Crippen molar-refractivity contribution in [3.05, 3.63) is 108 Å². The van der Waals surface area contributed by atoms with E-state index >= 15 is 0 Å². The molecule has 1 N–H and O–H groups in total. The first-order valence-corrected chi connectivity index (χ1v) is 10.9. The van der Waals surface area contributed by atoms with E-state index in [-0.39, 0.29) is 12.5 Å². The molecule has 4 aromatic rings. The second-order valence-electron chi connectivity index (χ2n) is 7.70. The Bertz CT molecular complexity index is 1190. The van der Waals surface area contributed by atoms with Crippen LogP contribution in [0.5, 0.6) is 17.2 Å². The van der Waals surface area contributed by atoms with Crippen LogP contribution in [0.2, 0.25) is 0 Å². The number of imidazole rings is 1. The molecule has 0 aliphatic carbocycles. The predicted molar refractivity (Wildman–Crippen MR) is 129 cm³/mol. The molecule has 0 aliphatic rings. The van der Waals surface area contributed by atoms with Crippen LogP contribution in [0.1, 0.15) is 23.0 Å².